The first-order valence-electron chi connectivity index (χ1n) is 6.09. The van der Waals surface area contributed by atoms with E-state index in [-0.39, 0.29) is 18.2 Å². The first-order chi connectivity index (χ1) is 8.57. The molecule has 0 radical (unpaired) electrons. The predicted molar refractivity (Wildman–Crippen MR) is 66.7 cm³/mol. The van der Waals surface area contributed by atoms with Gasteiger partial charge in [-0.2, -0.15) is 0 Å². The lowest BCUT2D eigenvalue weighted by Gasteiger charge is -2.39. The third-order valence-electron chi connectivity index (χ3n) is 3.66. The highest BCUT2D eigenvalue weighted by Crippen LogP contribution is 2.37. The molecule has 3 rings (SSSR count). The Morgan fingerprint density at radius 2 is 2.00 bits per heavy atom. The number of nitrogen functional groups attached to an aromatic ring is 1. The van der Waals surface area contributed by atoms with Crippen LogP contribution in [0.4, 0.5) is 5.69 Å². The summed E-state index contributed by atoms with van der Waals surface area (Å²) in [5.74, 6) is 1.03. The molecule has 0 bridgehead atoms. The molecule has 1 aliphatic heterocycles. The summed E-state index contributed by atoms with van der Waals surface area (Å²) in [7, 11) is 0. The summed E-state index contributed by atoms with van der Waals surface area (Å²) >= 11 is 0. The minimum absolute atomic E-state index is 0.0834. The van der Waals surface area contributed by atoms with Crippen LogP contribution in [0.15, 0.2) is 12.1 Å². The lowest BCUT2D eigenvalue weighted by molar-refractivity contribution is 0.0851. The fraction of sp³-hybridized carbons (Fsp3) is 0.462. The number of carbonyl (C=O) groups is 1. The minimum atomic E-state index is -0.145. The maximum absolute atomic E-state index is 12.2. The van der Waals surface area contributed by atoms with Gasteiger partial charge in [0.05, 0.1) is 5.56 Å². The van der Waals surface area contributed by atoms with Crippen molar-refractivity contribution in [3.8, 4) is 11.5 Å². The monoisotopic (exact) mass is 248 g/mol. The molecule has 1 amide bonds. The number of carbonyl (C=O) groups excluding carboxylic acids is 1. The lowest BCUT2D eigenvalue weighted by atomic mass is 9.78. The number of nitrogens with one attached hydrogen (secondary N) is 1. The van der Waals surface area contributed by atoms with Crippen LogP contribution < -0.4 is 20.5 Å². The van der Waals surface area contributed by atoms with Crippen LogP contribution in [0.5, 0.6) is 11.5 Å². The van der Waals surface area contributed by atoms with Crippen molar-refractivity contribution in [1.82, 2.24) is 5.32 Å². The number of ether oxygens (including phenoxy) is 2. The van der Waals surface area contributed by atoms with Gasteiger partial charge in [-0.15, -0.1) is 0 Å². The van der Waals surface area contributed by atoms with Crippen molar-refractivity contribution < 1.29 is 14.3 Å². The van der Waals surface area contributed by atoms with Gasteiger partial charge in [0.1, 0.15) is 0 Å². The number of amides is 1. The van der Waals surface area contributed by atoms with Crippen LogP contribution in [-0.2, 0) is 0 Å². The maximum atomic E-state index is 12.2. The minimum Gasteiger partial charge on any atom is -0.454 e. The molecule has 0 atom stereocenters. The molecule has 0 unspecified atom stereocenters. The summed E-state index contributed by atoms with van der Waals surface area (Å²) < 4.78 is 10.5. The van der Waals surface area contributed by atoms with Crippen molar-refractivity contribution >= 4 is 11.6 Å². The summed E-state index contributed by atoms with van der Waals surface area (Å²) in [6.45, 7) is 2.23. The van der Waals surface area contributed by atoms with Gasteiger partial charge in [0, 0.05) is 17.3 Å². The van der Waals surface area contributed by atoms with Crippen molar-refractivity contribution in [2.45, 2.75) is 31.7 Å². The Morgan fingerprint density at radius 3 is 2.61 bits per heavy atom. The number of hydrogen-bond acceptors (Lipinski definition) is 4. The van der Waals surface area contributed by atoms with E-state index < -0.39 is 0 Å². The molecule has 1 aromatic carbocycles. The Hall–Kier alpha value is -1.91. The second-order valence-corrected chi connectivity index (χ2v) is 5.16. The molecule has 0 saturated heterocycles. The number of benzene rings is 1. The maximum Gasteiger partial charge on any atom is 0.253 e. The van der Waals surface area contributed by atoms with Gasteiger partial charge in [0.25, 0.3) is 5.91 Å². The Bertz CT molecular complexity index is 509. The average molecular weight is 248 g/mol. The standard InChI is InChI=1S/C13H16N2O3/c1-13(3-2-4-13)15-12(16)8-5-10-11(6-9(8)14)18-7-17-10/h5-6H,2-4,7,14H2,1H3,(H,15,16). The van der Waals surface area contributed by atoms with Crippen molar-refractivity contribution in [3.63, 3.8) is 0 Å². The number of hydrogen-bond donors (Lipinski definition) is 2. The van der Waals surface area contributed by atoms with E-state index in [2.05, 4.69) is 12.2 Å². The fourth-order valence-electron chi connectivity index (χ4n) is 2.33. The molecule has 1 fully saturated rings. The van der Waals surface area contributed by atoms with E-state index in [1.807, 2.05) is 0 Å². The molecule has 0 aromatic heterocycles. The largest absolute Gasteiger partial charge is 0.454 e. The summed E-state index contributed by atoms with van der Waals surface area (Å²) in [5.41, 5.74) is 6.66. The highest BCUT2D eigenvalue weighted by Gasteiger charge is 2.34. The van der Waals surface area contributed by atoms with Crippen molar-refractivity contribution in [2.24, 2.45) is 0 Å². The van der Waals surface area contributed by atoms with Gasteiger partial charge in [-0.3, -0.25) is 4.79 Å². The lowest BCUT2D eigenvalue weighted by Crippen LogP contribution is -2.51. The topological polar surface area (TPSA) is 73.6 Å². The van der Waals surface area contributed by atoms with E-state index in [9.17, 15) is 4.79 Å². The zero-order chi connectivity index (χ0) is 12.8. The first kappa shape index (κ1) is 11.2. The van der Waals surface area contributed by atoms with E-state index in [0.29, 0.717) is 22.7 Å². The molecule has 5 nitrogen and oxygen atoms in total. The highest BCUT2D eigenvalue weighted by atomic mass is 16.7. The summed E-state index contributed by atoms with van der Waals surface area (Å²) in [4.78, 5) is 12.2. The second-order valence-electron chi connectivity index (χ2n) is 5.16. The van der Waals surface area contributed by atoms with Gasteiger partial charge in [-0.05, 0) is 32.3 Å². The van der Waals surface area contributed by atoms with Crippen molar-refractivity contribution in [1.29, 1.82) is 0 Å². The van der Waals surface area contributed by atoms with E-state index in [0.717, 1.165) is 19.3 Å². The summed E-state index contributed by atoms with van der Waals surface area (Å²) in [5, 5.41) is 3.03. The molecular weight excluding hydrogens is 232 g/mol. The van der Waals surface area contributed by atoms with Crippen LogP contribution in [0, 0.1) is 0 Å². The molecule has 1 saturated carbocycles. The van der Waals surface area contributed by atoms with Crippen LogP contribution in [0.2, 0.25) is 0 Å². The second kappa shape index (κ2) is 3.80. The quantitative estimate of drug-likeness (QED) is 0.781. The molecule has 2 aliphatic rings. The fourth-order valence-corrected chi connectivity index (χ4v) is 2.33. The van der Waals surface area contributed by atoms with E-state index >= 15 is 0 Å². The molecule has 18 heavy (non-hydrogen) atoms. The van der Waals surface area contributed by atoms with Crippen LogP contribution in [0.1, 0.15) is 36.5 Å². The Labute approximate surface area is 105 Å². The Balaban J connectivity index is 1.85. The van der Waals surface area contributed by atoms with Crippen molar-refractivity contribution in [2.75, 3.05) is 12.5 Å². The predicted octanol–water partition coefficient (Wildman–Crippen LogP) is 1.67. The van der Waals surface area contributed by atoms with Gasteiger partial charge >= 0.3 is 0 Å². The molecule has 3 N–H and O–H groups in total. The SMILES string of the molecule is CC1(NC(=O)c2cc3c(cc2N)OCO3)CCC1. The van der Waals surface area contributed by atoms with Gasteiger partial charge in [0.15, 0.2) is 11.5 Å². The van der Waals surface area contributed by atoms with E-state index in [1.54, 1.807) is 12.1 Å². The van der Waals surface area contributed by atoms with Crippen LogP contribution in [0.25, 0.3) is 0 Å². The molecule has 96 valence electrons. The zero-order valence-corrected chi connectivity index (χ0v) is 10.3. The average Bonchev–Trinajstić information content (AvgIpc) is 2.72. The number of nitrogens with two attached hydrogens (primary N) is 1. The van der Waals surface area contributed by atoms with Crippen LogP contribution >= 0.6 is 0 Å². The third-order valence-corrected chi connectivity index (χ3v) is 3.66. The summed E-state index contributed by atoms with van der Waals surface area (Å²) in [6.07, 6.45) is 3.19. The molecule has 1 aromatic rings. The highest BCUT2D eigenvalue weighted by molar-refractivity contribution is 6.00. The Kier molecular flexibility index (Phi) is 2.36. The van der Waals surface area contributed by atoms with Crippen molar-refractivity contribution in [3.05, 3.63) is 17.7 Å². The molecule has 1 aliphatic carbocycles. The molecular formula is C13H16N2O3. The molecule has 5 heteroatoms. The molecule has 0 spiro atoms. The number of rotatable bonds is 2. The molecule has 1 heterocycles. The van der Waals surface area contributed by atoms with Gasteiger partial charge in [-0.25, -0.2) is 0 Å². The first-order valence-corrected chi connectivity index (χ1v) is 6.09. The van der Waals surface area contributed by atoms with Gasteiger partial charge < -0.3 is 20.5 Å². The summed E-state index contributed by atoms with van der Waals surface area (Å²) in [6, 6.07) is 3.29. The van der Waals surface area contributed by atoms with Gasteiger partial charge in [0.2, 0.25) is 6.79 Å². The van der Waals surface area contributed by atoms with Gasteiger partial charge in [-0.1, -0.05) is 0 Å². The number of anilines is 1. The Morgan fingerprint density at radius 1 is 1.33 bits per heavy atom. The van der Waals surface area contributed by atoms with Crippen LogP contribution in [-0.4, -0.2) is 18.2 Å². The normalized spacial score (nSPS) is 19.2. The van der Waals surface area contributed by atoms with E-state index in [4.69, 9.17) is 15.2 Å². The van der Waals surface area contributed by atoms with Crippen LogP contribution in [0.3, 0.4) is 0 Å². The smallest absolute Gasteiger partial charge is 0.253 e. The van der Waals surface area contributed by atoms with E-state index in [1.165, 1.54) is 0 Å². The third kappa shape index (κ3) is 1.75. The zero-order valence-electron chi connectivity index (χ0n) is 10.3. The number of fused-ring (bicyclic) bond motifs is 1.